The molecule has 0 aliphatic heterocycles. The zero-order valence-electron chi connectivity index (χ0n) is 13.6. The molecule has 5 nitrogen and oxygen atoms in total. The van der Waals surface area contributed by atoms with Gasteiger partial charge >= 0.3 is 0 Å². The van der Waals surface area contributed by atoms with Crippen molar-refractivity contribution >= 4 is 15.8 Å². The standard InChI is InChI=1S/C17H26N2O3S/c1-2-17(20)14-9-6-10-15(11-14)23(21,22)19-16(12-18)13-7-4-3-5-8-13/h6,9-11,13,16,19H,2-5,7-8,12,18H2,1H3. The van der Waals surface area contributed by atoms with Crippen LogP contribution in [0.2, 0.25) is 0 Å². The molecule has 1 aliphatic rings. The van der Waals surface area contributed by atoms with Crippen LogP contribution in [0.1, 0.15) is 55.8 Å². The summed E-state index contributed by atoms with van der Waals surface area (Å²) < 4.78 is 28.0. The van der Waals surface area contributed by atoms with Gasteiger partial charge in [-0.15, -0.1) is 0 Å². The van der Waals surface area contributed by atoms with E-state index >= 15 is 0 Å². The van der Waals surface area contributed by atoms with Crippen LogP contribution in [0.25, 0.3) is 0 Å². The molecule has 1 unspecified atom stereocenters. The molecular formula is C17H26N2O3S. The SMILES string of the molecule is CCC(=O)c1cccc(S(=O)(=O)NC(CN)C2CCCCC2)c1. The number of carbonyl (C=O) groups excluding carboxylic acids is 1. The van der Waals surface area contributed by atoms with Crippen molar-refractivity contribution in [1.29, 1.82) is 0 Å². The van der Waals surface area contributed by atoms with Gasteiger partial charge in [0.2, 0.25) is 10.0 Å². The van der Waals surface area contributed by atoms with Gasteiger partial charge in [0.1, 0.15) is 0 Å². The molecule has 1 atom stereocenters. The zero-order chi connectivity index (χ0) is 16.9. The van der Waals surface area contributed by atoms with Crippen LogP contribution in [0.5, 0.6) is 0 Å². The minimum absolute atomic E-state index is 0.0651. The van der Waals surface area contributed by atoms with Gasteiger partial charge in [-0.3, -0.25) is 4.79 Å². The summed E-state index contributed by atoms with van der Waals surface area (Å²) in [4.78, 5) is 11.9. The molecule has 6 heteroatoms. The summed E-state index contributed by atoms with van der Waals surface area (Å²) in [6.07, 6.45) is 5.84. The zero-order valence-corrected chi connectivity index (χ0v) is 14.4. The largest absolute Gasteiger partial charge is 0.329 e. The molecule has 1 aliphatic carbocycles. The second kappa shape index (κ2) is 8.04. The third kappa shape index (κ3) is 4.62. The van der Waals surface area contributed by atoms with Crippen molar-refractivity contribution in [2.75, 3.05) is 6.54 Å². The second-order valence-electron chi connectivity index (χ2n) is 6.17. The molecule has 1 aromatic carbocycles. The van der Waals surface area contributed by atoms with Crippen molar-refractivity contribution in [3.8, 4) is 0 Å². The average molecular weight is 338 g/mol. The summed E-state index contributed by atoms with van der Waals surface area (Å²) in [5.74, 6) is 0.230. The fourth-order valence-electron chi connectivity index (χ4n) is 3.18. The molecule has 0 heterocycles. The first-order chi connectivity index (χ1) is 11.0. The highest BCUT2D eigenvalue weighted by Crippen LogP contribution is 2.27. The van der Waals surface area contributed by atoms with E-state index in [-0.39, 0.29) is 23.3 Å². The van der Waals surface area contributed by atoms with E-state index < -0.39 is 10.0 Å². The van der Waals surface area contributed by atoms with Crippen LogP contribution in [0.4, 0.5) is 0 Å². The lowest BCUT2D eigenvalue weighted by Gasteiger charge is -2.29. The lowest BCUT2D eigenvalue weighted by molar-refractivity contribution is 0.0988. The highest BCUT2D eigenvalue weighted by atomic mass is 32.2. The number of hydrogen-bond donors (Lipinski definition) is 2. The van der Waals surface area contributed by atoms with E-state index in [4.69, 9.17) is 5.73 Å². The van der Waals surface area contributed by atoms with Crippen LogP contribution >= 0.6 is 0 Å². The first-order valence-corrected chi connectivity index (χ1v) is 9.82. The third-order valence-corrected chi connectivity index (χ3v) is 6.05. The van der Waals surface area contributed by atoms with E-state index in [0.29, 0.717) is 17.9 Å². The van der Waals surface area contributed by atoms with Gasteiger partial charge in [0, 0.05) is 24.6 Å². The van der Waals surface area contributed by atoms with Gasteiger partial charge in [-0.25, -0.2) is 13.1 Å². The quantitative estimate of drug-likeness (QED) is 0.747. The molecule has 1 aromatic rings. The van der Waals surface area contributed by atoms with E-state index in [1.165, 1.54) is 18.6 Å². The molecule has 0 amide bonds. The van der Waals surface area contributed by atoms with Gasteiger partial charge in [0.25, 0.3) is 0 Å². The summed E-state index contributed by atoms with van der Waals surface area (Å²) in [5.41, 5.74) is 6.24. The van der Waals surface area contributed by atoms with Gasteiger partial charge in [-0.1, -0.05) is 38.3 Å². The van der Waals surface area contributed by atoms with Crippen LogP contribution < -0.4 is 10.5 Å². The number of hydrogen-bond acceptors (Lipinski definition) is 4. The smallest absolute Gasteiger partial charge is 0.240 e. The molecule has 1 saturated carbocycles. The lowest BCUT2D eigenvalue weighted by atomic mass is 9.84. The monoisotopic (exact) mass is 338 g/mol. The first kappa shape index (κ1) is 18.1. The molecule has 23 heavy (non-hydrogen) atoms. The number of benzene rings is 1. The first-order valence-electron chi connectivity index (χ1n) is 8.33. The molecule has 0 spiro atoms. The molecule has 0 radical (unpaired) electrons. The molecule has 0 saturated heterocycles. The number of nitrogens with two attached hydrogens (primary N) is 1. The molecule has 0 bridgehead atoms. The van der Waals surface area contributed by atoms with Crippen molar-refractivity contribution in [2.45, 2.75) is 56.4 Å². The Bertz CT molecular complexity index is 637. The van der Waals surface area contributed by atoms with Crippen molar-refractivity contribution < 1.29 is 13.2 Å². The molecule has 3 N–H and O–H groups in total. The Morgan fingerprint density at radius 3 is 2.61 bits per heavy atom. The highest BCUT2D eigenvalue weighted by molar-refractivity contribution is 7.89. The number of ketones is 1. The van der Waals surface area contributed by atoms with E-state index in [0.717, 1.165) is 25.7 Å². The normalized spacial score (nSPS) is 17.8. The van der Waals surface area contributed by atoms with E-state index in [1.807, 2.05) is 0 Å². The number of Topliss-reactive ketones (excluding diaryl/α,β-unsaturated/α-hetero) is 1. The van der Waals surface area contributed by atoms with Gasteiger partial charge in [-0.2, -0.15) is 0 Å². The fraction of sp³-hybridized carbons (Fsp3) is 0.588. The Kier molecular flexibility index (Phi) is 6.33. The Balaban J connectivity index is 2.18. The fourth-order valence-corrected chi connectivity index (χ4v) is 4.54. The van der Waals surface area contributed by atoms with Crippen molar-refractivity contribution in [1.82, 2.24) is 4.72 Å². The minimum atomic E-state index is -3.67. The number of rotatable bonds is 7. The maximum atomic E-state index is 12.6. The van der Waals surface area contributed by atoms with Crippen molar-refractivity contribution in [3.63, 3.8) is 0 Å². The molecule has 0 aromatic heterocycles. The van der Waals surface area contributed by atoms with Gasteiger partial charge in [-0.05, 0) is 30.9 Å². The Morgan fingerprint density at radius 1 is 1.30 bits per heavy atom. The maximum Gasteiger partial charge on any atom is 0.240 e. The average Bonchev–Trinajstić information content (AvgIpc) is 2.60. The van der Waals surface area contributed by atoms with Crippen LogP contribution in [0.15, 0.2) is 29.2 Å². The molecule has 1 fully saturated rings. The van der Waals surface area contributed by atoms with Crippen LogP contribution in [-0.2, 0) is 10.0 Å². The van der Waals surface area contributed by atoms with Crippen LogP contribution in [-0.4, -0.2) is 26.8 Å². The summed E-state index contributed by atoms with van der Waals surface area (Å²) >= 11 is 0. The molecule has 128 valence electrons. The second-order valence-corrected chi connectivity index (χ2v) is 7.88. The Labute approximate surface area is 138 Å². The number of sulfonamides is 1. The summed E-state index contributed by atoms with van der Waals surface area (Å²) in [6.45, 7) is 2.05. The molecular weight excluding hydrogens is 312 g/mol. The van der Waals surface area contributed by atoms with E-state index in [9.17, 15) is 13.2 Å². The van der Waals surface area contributed by atoms with E-state index in [1.54, 1.807) is 19.1 Å². The summed E-state index contributed by atoms with van der Waals surface area (Å²) in [7, 11) is -3.67. The van der Waals surface area contributed by atoms with Gasteiger partial charge in [0.15, 0.2) is 5.78 Å². The van der Waals surface area contributed by atoms with Crippen molar-refractivity contribution in [3.05, 3.63) is 29.8 Å². The number of nitrogens with one attached hydrogen (secondary N) is 1. The van der Waals surface area contributed by atoms with Gasteiger partial charge in [0.05, 0.1) is 4.90 Å². The predicted molar refractivity (Wildman–Crippen MR) is 90.8 cm³/mol. The lowest BCUT2D eigenvalue weighted by Crippen LogP contribution is -2.45. The molecule has 2 rings (SSSR count). The predicted octanol–water partition coefficient (Wildman–Crippen LogP) is 2.47. The van der Waals surface area contributed by atoms with Gasteiger partial charge < -0.3 is 5.73 Å². The Hall–Kier alpha value is -1.24. The van der Waals surface area contributed by atoms with E-state index in [2.05, 4.69) is 4.72 Å². The minimum Gasteiger partial charge on any atom is -0.329 e. The van der Waals surface area contributed by atoms with Crippen molar-refractivity contribution in [2.24, 2.45) is 11.7 Å². The Morgan fingerprint density at radius 2 is 2.00 bits per heavy atom. The topological polar surface area (TPSA) is 89.3 Å². The van der Waals surface area contributed by atoms with Crippen LogP contribution in [0, 0.1) is 5.92 Å². The summed E-state index contributed by atoms with van der Waals surface area (Å²) in [6, 6.07) is 5.97. The summed E-state index contributed by atoms with van der Waals surface area (Å²) in [5, 5.41) is 0. The van der Waals surface area contributed by atoms with Crippen LogP contribution in [0.3, 0.4) is 0 Å². The number of carbonyl (C=O) groups is 1. The highest BCUT2D eigenvalue weighted by Gasteiger charge is 2.27. The third-order valence-electron chi connectivity index (χ3n) is 4.57. The maximum absolute atomic E-state index is 12.6.